The van der Waals surface area contributed by atoms with Crippen molar-refractivity contribution in [2.75, 3.05) is 32.5 Å². The fourth-order valence-corrected chi connectivity index (χ4v) is 4.30. The first-order chi connectivity index (χ1) is 14.0. The van der Waals surface area contributed by atoms with Crippen molar-refractivity contribution in [1.82, 2.24) is 24.8 Å². The zero-order valence-electron chi connectivity index (χ0n) is 16.8. The number of nitrogens with one attached hydrogen (secondary N) is 2. The molecule has 4 aromatic rings. The van der Waals surface area contributed by atoms with Gasteiger partial charge in [-0.3, -0.25) is 0 Å². The molecule has 1 unspecified atom stereocenters. The van der Waals surface area contributed by atoms with E-state index in [1.165, 1.54) is 17.4 Å². The van der Waals surface area contributed by atoms with Gasteiger partial charge in [0.05, 0.1) is 6.61 Å². The Bertz CT molecular complexity index is 1170. The van der Waals surface area contributed by atoms with Crippen LogP contribution in [0.4, 0.5) is 5.82 Å². The van der Waals surface area contributed by atoms with Crippen molar-refractivity contribution in [3.05, 3.63) is 41.7 Å². The van der Waals surface area contributed by atoms with Gasteiger partial charge in [0.1, 0.15) is 17.2 Å². The van der Waals surface area contributed by atoms with Crippen LogP contribution in [0.1, 0.15) is 17.8 Å². The zero-order chi connectivity index (χ0) is 20.0. The summed E-state index contributed by atoms with van der Waals surface area (Å²) in [5.41, 5.74) is 11.9. The maximum Gasteiger partial charge on any atom is 0.160 e. The lowest BCUT2D eigenvalue weighted by molar-refractivity contribution is 0.173. The minimum absolute atomic E-state index is 0.480. The molecule has 7 nitrogen and oxygen atoms in total. The Morgan fingerprint density at radius 3 is 2.93 bits per heavy atom. The van der Waals surface area contributed by atoms with E-state index in [-0.39, 0.29) is 0 Å². The van der Waals surface area contributed by atoms with Crippen LogP contribution in [0.2, 0.25) is 0 Å². The number of H-pyrrole nitrogens is 2. The molecule has 1 fully saturated rings. The van der Waals surface area contributed by atoms with Gasteiger partial charge in [-0.1, -0.05) is 6.07 Å². The summed E-state index contributed by atoms with van der Waals surface area (Å²) in [4.78, 5) is 18.0. The van der Waals surface area contributed by atoms with Crippen molar-refractivity contribution in [3.63, 3.8) is 0 Å². The SMILES string of the molecule is Cc1nc2c(-c3cc4cc(CN(C)CC5CCOC5)ccc4[nH]3)cc(N)nc2[nH]1. The minimum Gasteiger partial charge on any atom is -0.384 e. The highest BCUT2D eigenvalue weighted by molar-refractivity contribution is 5.95. The summed E-state index contributed by atoms with van der Waals surface area (Å²) in [7, 11) is 2.18. The van der Waals surface area contributed by atoms with Crippen molar-refractivity contribution < 1.29 is 4.74 Å². The number of fused-ring (bicyclic) bond motifs is 2. The van der Waals surface area contributed by atoms with E-state index in [0.29, 0.717) is 11.7 Å². The van der Waals surface area contributed by atoms with Crippen molar-refractivity contribution >= 4 is 27.9 Å². The van der Waals surface area contributed by atoms with Crippen LogP contribution in [-0.4, -0.2) is 51.6 Å². The fourth-order valence-electron chi connectivity index (χ4n) is 4.30. The molecule has 4 heterocycles. The van der Waals surface area contributed by atoms with E-state index >= 15 is 0 Å². The van der Waals surface area contributed by atoms with Gasteiger partial charge in [-0.05, 0) is 56.1 Å². The second-order valence-electron chi connectivity index (χ2n) is 8.15. The van der Waals surface area contributed by atoms with Crippen LogP contribution in [0.3, 0.4) is 0 Å². The van der Waals surface area contributed by atoms with Crippen molar-refractivity contribution in [3.8, 4) is 11.3 Å². The largest absolute Gasteiger partial charge is 0.384 e. The summed E-state index contributed by atoms with van der Waals surface area (Å²) in [5.74, 6) is 1.96. The van der Waals surface area contributed by atoms with Crippen molar-refractivity contribution in [2.24, 2.45) is 5.92 Å². The van der Waals surface area contributed by atoms with Gasteiger partial charge in [0.2, 0.25) is 0 Å². The van der Waals surface area contributed by atoms with Crippen molar-refractivity contribution in [2.45, 2.75) is 19.9 Å². The van der Waals surface area contributed by atoms with Crippen LogP contribution in [0.5, 0.6) is 0 Å². The number of aromatic amines is 2. The van der Waals surface area contributed by atoms with Gasteiger partial charge in [0.15, 0.2) is 5.65 Å². The molecular formula is C22H26N6O. The molecule has 0 bridgehead atoms. The predicted molar refractivity (Wildman–Crippen MR) is 116 cm³/mol. The average molecular weight is 390 g/mol. The van der Waals surface area contributed by atoms with Crippen LogP contribution < -0.4 is 5.73 Å². The Balaban J connectivity index is 1.44. The second kappa shape index (κ2) is 7.17. The van der Waals surface area contributed by atoms with E-state index < -0.39 is 0 Å². The number of ether oxygens (including phenoxy) is 1. The number of hydrogen-bond donors (Lipinski definition) is 3. The third-order valence-electron chi connectivity index (χ3n) is 5.61. The number of aromatic nitrogens is 4. The molecule has 1 aliphatic rings. The molecule has 1 atom stereocenters. The molecule has 3 aromatic heterocycles. The molecule has 1 aromatic carbocycles. The van der Waals surface area contributed by atoms with Crippen LogP contribution in [0.15, 0.2) is 30.3 Å². The molecule has 150 valence electrons. The number of nitrogens with two attached hydrogens (primary N) is 1. The lowest BCUT2D eigenvalue weighted by Crippen LogP contribution is -2.25. The molecule has 1 aliphatic heterocycles. The number of aryl methyl sites for hydroxylation is 1. The van der Waals surface area contributed by atoms with E-state index in [2.05, 4.69) is 56.1 Å². The number of benzene rings is 1. The highest BCUT2D eigenvalue weighted by atomic mass is 16.5. The normalized spacial score (nSPS) is 17.1. The molecule has 1 saturated heterocycles. The molecule has 7 heteroatoms. The highest BCUT2D eigenvalue weighted by Gasteiger charge is 2.18. The summed E-state index contributed by atoms with van der Waals surface area (Å²) in [6, 6.07) is 10.7. The van der Waals surface area contributed by atoms with Gasteiger partial charge in [-0.15, -0.1) is 0 Å². The maximum atomic E-state index is 6.02. The Hall–Kier alpha value is -2.90. The number of pyridine rings is 1. The number of nitrogen functional groups attached to an aromatic ring is 1. The molecule has 29 heavy (non-hydrogen) atoms. The lowest BCUT2D eigenvalue weighted by atomic mass is 10.1. The van der Waals surface area contributed by atoms with Gasteiger partial charge >= 0.3 is 0 Å². The molecule has 0 amide bonds. The van der Waals surface area contributed by atoms with E-state index in [9.17, 15) is 0 Å². The predicted octanol–water partition coefficient (Wildman–Crippen LogP) is 3.47. The molecule has 0 radical (unpaired) electrons. The molecule has 0 aliphatic carbocycles. The van der Waals surface area contributed by atoms with Gasteiger partial charge in [-0.25, -0.2) is 9.97 Å². The molecular weight excluding hydrogens is 364 g/mol. The Kier molecular flexibility index (Phi) is 4.49. The average Bonchev–Trinajstić information content (AvgIpc) is 3.39. The maximum absolute atomic E-state index is 6.02. The fraction of sp³-hybridized carbons (Fsp3) is 0.364. The lowest BCUT2D eigenvalue weighted by Gasteiger charge is -2.20. The summed E-state index contributed by atoms with van der Waals surface area (Å²) < 4.78 is 5.50. The Morgan fingerprint density at radius 2 is 2.10 bits per heavy atom. The molecule has 0 saturated carbocycles. The standard InChI is InChI=1S/C22H26N6O/c1-13-24-21-17(9-20(23)27-22(21)25-13)19-8-16-7-14(3-4-18(16)26-19)10-28(2)11-15-5-6-29-12-15/h3-4,7-9,15,26H,5-6,10-12H2,1-2H3,(H3,23,24,25,27). The highest BCUT2D eigenvalue weighted by Crippen LogP contribution is 2.30. The number of rotatable bonds is 5. The number of nitrogens with zero attached hydrogens (tertiary/aromatic N) is 3. The number of imidazole rings is 1. The first-order valence-electron chi connectivity index (χ1n) is 10.1. The van der Waals surface area contributed by atoms with Crippen LogP contribution in [0.25, 0.3) is 33.3 Å². The Labute approximate surface area is 169 Å². The van der Waals surface area contributed by atoms with Gasteiger partial charge < -0.3 is 25.3 Å². The van der Waals surface area contributed by atoms with E-state index in [1.54, 1.807) is 0 Å². The molecule has 0 spiro atoms. The third kappa shape index (κ3) is 3.59. The molecule has 4 N–H and O–H groups in total. The number of anilines is 1. The summed E-state index contributed by atoms with van der Waals surface area (Å²) in [6.07, 6.45) is 1.17. The van der Waals surface area contributed by atoms with Gasteiger partial charge in [0, 0.05) is 41.9 Å². The first kappa shape index (κ1) is 18.1. The monoisotopic (exact) mass is 390 g/mol. The van der Waals surface area contributed by atoms with Crippen LogP contribution in [-0.2, 0) is 11.3 Å². The van der Waals surface area contributed by atoms with Gasteiger partial charge in [-0.2, -0.15) is 0 Å². The summed E-state index contributed by atoms with van der Waals surface area (Å²) in [5, 5.41) is 1.19. The zero-order valence-corrected chi connectivity index (χ0v) is 16.8. The van der Waals surface area contributed by atoms with Crippen LogP contribution in [0, 0.1) is 12.8 Å². The molecule has 5 rings (SSSR count). The van der Waals surface area contributed by atoms with Crippen LogP contribution >= 0.6 is 0 Å². The first-order valence-corrected chi connectivity index (χ1v) is 10.1. The second-order valence-corrected chi connectivity index (χ2v) is 8.15. The van der Waals surface area contributed by atoms with Gasteiger partial charge in [0.25, 0.3) is 0 Å². The topological polar surface area (TPSA) is 95.8 Å². The minimum atomic E-state index is 0.480. The smallest absolute Gasteiger partial charge is 0.160 e. The summed E-state index contributed by atoms with van der Waals surface area (Å²) >= 11 is 0. The van der Waals surface area contributed by atoms with E-state index in [4.69, 9.17) is 10.5 Å². The summed E-state index contributed by atoms with van der Waals surface area (Å²) in [6.45, 7) is 5.72. The van der Waals surface area contributed by atoms with E-state index in [0.717, 1.165) is 60.1 Å². The number of hydrogen-bond acceptors (Lipinski definition) is 5. The van der Waals surface area contributed by atoms with Crippen molar-refractivity contribution in [1.29, 1.82) is 0 Å². The van der Waals surface area contributed by atoms with E-state index in [1.807, 2.05) is 13.0 Å². The quantitative estimate of drug-likeness (QED) is 0.485. The third-order valence-corrected chi connectivity index (χ3v) is 5.61. The Morgan fingerprint density at radius 1 is 1.21 bits per heavy atom.